The minimum absolute atomic E-state index is 0.146. The lowest BCUT2D eigenvalue weighted by Gasteiger charge is -2.30. The van der Waals surface area contributed by atoms with Gasteiger partial charge in [-0.15, -0.1) is 0 Å². The van der Waals surface area contributed by atoms with E-state index in [1.807, 2.05) is 0 Å². The van der Waals surface area contributed by atoms with Gasteiger partial charge in [0.2, 0.25) is 0 Å². The van der Waals surface area contributed by atoms with Crippen LogP contribution in [0, 0.1) is 5.92 Å². The smallest absolute Gasteiger partial charge is 0.0166 e. The summed E-state index contributed by atoms with van der Waals surface area (Å²) >= 11 is 0. The Morgan fingerprint density at radius 2 is 1.67 bits per heavy atom. The highest BCUT2D eigenvalue weighted by Gasteiger charge is 2.29. The Morgan fingerprint density at radius 1 is 1.06 bits per heavy atom. The van der Waals surface area contributed by atoms with Gasteiger partial charge in [-0.1, -0.05) is 26.7 Å². The van der Waals surface area contributed by atoms with E-state index in [0.29, 0.717) is 0 Å². The Morgan fingerprint density at radius 3 is 2.17 bits per heavy atom. The summed E-state index contributed by atoms with van der Waals surface area (Å²) in [6.07, 6.45) is 6.30. The normalized spacial score (nSPS) is 19.3. The van der Waals surface area contributed by atoms with Gasteiger partial charge in [-0.25, -0.2) is 0 Å². The van der Waals surface area contributed by atoms with Crippen molar-refractivity contribution in [3.8, 4) is 0 Å². The molecule has 0 bridgehead atoms. The van der Waals surface area contributed by atoms with Crippen molar-refractivity contribution in [3.63, 3.8) is 0 Å². The fourth-order valence-electron chi connectivity index (χ4n) is 2.86. The second-order valence-electron chi connectivity index (χ2n) is 6.82. The third-order valence-electron chi connectivity index (χ3n) is 4.01. The van der Waals surface area contributed by atoms with Crippen molar-refractivity contribution < 1.29 is 0 Å². The molecular formula is C15H33N3. The average molecular weight is 255 g/mol. The van der Waals surface area contributed by atoms with Crippen LogP contribution in [0.4, 0.5) is 0 Å². The number of likely N-dealkylation sites (N-methyl/N-ethyl adjacent to an activating group) is 1. The summed E-state index contributed by atoms with van der Waals surface area (Å²) in [5.74, 6) is 0.740. The zero-order valence-corrected chi connectivity index (χ0v) is 12.9. The molecule has 18 heavy (non-hydrogen) atoms. The third-order valence-corrected chi connectivity index (χ3v) is 4.01. The van der Waals surface area contributed by atoms with Crippen molar-refractivity contribution in [3.05, 3.63) is 0 Å². The molecule has 1 fully saturated rings. The maximum atomic E-state index is 6.46. The van der Waals surface area contributed by atoms with Crippen LogP contribution in [0.2, 0.25) is 0 Å². The van der Waals surface area contributed by atoms with E-state index in [9.17, 15) is 0 Å². The molecule has 3 nitrogen and oxygen atoms in total. The molecule has 1 aliphatic carbocycles. The lowest BCUT2D eigenvalue weighted by molar-refractivity contribution is 0.198. The summed E-state index contributed by atoms with van der Waals surface area (Å²) in [6.45, 7) is 9.28. The molecule has 108 valence electrons. The van der Waals surface area contributed by atoms with E-state index in [2.05, 4.69) is 37.7 Å². The molecule has 0 aliphatic heterocycles. The summed E-state index contributed by atoms with van der Waals surface area (Å²) in [6, 6.07) is 0. The van der Waals surface area contributed by atoms with Gasteiger partial charge in [-0.3, -0.25) is 0 Å². The molecule has 0 aromatic heterocycles. The first-order valence-electron chi connectivity index (χ1n) is 7.57. The third kappa shape index (κ3) is 6.17. The highest BCUT2D eigenvalue weighted by Crippen LogP contribution is 2.30. The van der Waals surface area contributed by atoms with E-state index in [1.54, 1.807) is 0 Å². The molecule has 0 spiro atoms. The minimum atomic E-state index is 0.146. The summed E-state index contributed by atoms with van der Waals surface area (Å²) in [5, 5.41) is 0. The summed E-state index contributed by atoms with van der Waals surface area (Å²) in [5.41, 5.74) is 6.60. The molecule has 0 heterocycles. The lowest BCUT2D eigenvalue weighted by Crippen LogP contribution is -2.42. The van der Waals surface area contributed by atoms with E-state index >= 15 is 0 Å². The molecule has 0 radical (unpaired) electrons. The van der Waals surface area contributed by atoms with Crippen molar-refractivity contribution >= 4 is 0 Å². The van der Waals surface area contributed by atoms with E-state index in [0.717, 1.165) is 12.5 Å². The molecule has 0 saturated heterocycles. The van der Waals surface area contributed by atoms with Gasteiger partial charge in [0.1, 0.15) is 0 Å². The highest BCUT2D eigenvalue weighted by molar-refractivity contribution is 4.89. The van der Waals surface area contributed by atoms with Crippen LogP contribution >= 0.6 is 0 Å². The van der Waals surface area contributed by atoms with E-state index < -0.39 is 0 Å². The van der Waals surface area contributed by atoms with Crippen LogP contribution in [0.25, 0.3) is 0 Å². The molecule has 0 aromatic rings. The molecule has 0 atom stereocenters. The van der Waals surface area contributed by atoms with Crippen molar-refractivity contribution in [1.29, 1.82) is 0 Å². The van der Waals surface area contributed by atoms with Crippen molar-refractivity contribution in [2.24, 2.45) is 11.7 Å². The van der Waals surface area contributed by atoms with Crippen LogP contribution in [0.15, 0.2) is 0 Å². The molecular weight excluding hydrogens is 222 g/mol. The van der Waals surface area contributed by atoms with E-state index in [4.69, 9.17) is 5.73 Å². The first kappa shape index (κ1) is 15.9. The average Bonchev–Trinajstić information content (AvgIpc) is 2.69. The predicted octanol–water partition coefficient (Wildman–Crippen LogP) is 2.17. The summed E-state index contributed by atoms with van der Waals surface area (Å²) in [7, 11) is 4.30. The molecule has 0 unspecified atom stereocenters. The Hall–Kier alpha value is -0.120. The van der Waals surface area contributed by atoms with Gasteiger partial charge in [0.05, 0.1) is 0 Å². The Balaban J connectivity index is 2.34. The number of nitrogens with zero attached hydrogens (tertiary/aromatic N) is 2. The monoisotopic (exact) mass is 255 g/mol. The fraction of sp³-hybridized carbons (Fsp3) is 1.00. The van der Waals surface area contributed by atoms with Crippen LogP contribution in [0.5, 0.6) is 0 Å². The second-order valence-corrected chi connectivity index (χ2v) is 6.82. The topological polar surface area (TPSA) is 32.5 Å². The molecule has 3 heteroatoms. The maximum absolute atomic E-state index is 6.46. The van der Waals surface area contributed by atoms with Crippen molar-refractivity contribution in [2.45, 2.75) is 51.5 Å². The molecule has 1 aliphatic rings. The first-order valence-corrected chi connectivity index (χ1v) is 7.57. The Bertz CT molecular complexity index is 220. The number of rotatable bonds is 8. The number of nitrogens with two attached hydrogens (primary N) is 1. The maximum Gasteiger partial charge on any atom is 0.0166 e. The largest absolute Gasteiger partial charge is 0.325 e. The summed E-state index contributed by atoms with van der Waals surface area (Å²) < 4.78 is 0. The zero-order valence-electron chi connectivity index (χ0n) is 12.9. The van der Waals surface area contributed by atoms with Crippen LogP contribution < -0.4 is 5.73 Å². The van der Waals surface area contributed by atoms with E-state index in [-0.39, 0.29) is 5.54 Å². The molecule has 1 rings (SSSR count). The van der Waals surface area contributed by atoms with Gasteiger partial charge < -0.3 is 15.5 Å². The van der Waals surface area contributed by atoms with Gasteiger partial charge in [-0.2, -0.15) is 0 Å². The van der Waals surface area contributed by atoms with Gasteiger partial charge in [0.15, 0.2) is 0 Å². The van der Waals surface area contributed by atoms with Crippen LogP contribution in [0.1, 0.15) is 46.0 Å². The van der Waals surface area contributed by atoms with Crippen LogP contribution in [-0.2, 0) is 0 Å². The van der Waals surface area contributed by atoms with Gasteiger partial charge in [0, 0.05) is 25.2 Å². The van der Waals surface area contributed by atoms with E-state index in [1.165, 1.54) is 51.7 Å². The molecule has 0 aromatic carbocycles. The minimum Gasteiger partial charge on any atom is -0.325 e. The Labute approximate surface area is 114 Å². The second kappa shape index (κ2) is 7.46. The molecule has 1 saturated carbocycles. The van der Waals surface area contributed by atoms with Crippen molar-refractivity contribution in [1.82, 2.24) is 9.80 Å². The van der Waals surface area contributed by atoms with Crippen LogP contribution in [-0.4, -0.2) is 55.6 Å². The predicted molar refractivity (Wildman–Crippen MR) is 79.8 cm³/mol. The Kier molecular flexibility index (Phi) is 6.61. The highest BCUT2D eigenvalue weighted by atomic mass is 15.2. The standard InChI is InChI=1S/C15H33N3/c1-14(2)13-18(12-11-17(3)4)10-9-15(16)7-5-6-8-15/h14H,5-13,16H2,1-4H3. The first-order chi connectivity index (χ1) is 8.41. The van der Waals surface area contributed by atoms with Crippen LogP contribution in [0.3, 0.4) is 0 Å². The van der Waals surface area contributed by atoms with Gasteiger partial charge in [-0.05, 0) is 45.8 Å². The fourth-order valence-corrected chi connectivity index (χ4v) is 2.86. The zero-order chi connectivity index (χ0) is 13.6. The van der Waals surface area contributed by atoms with Gasteiger partial charge >= 0.3 is 0 Å². The lowest BCUT2D eigenvalue weighted by atomic mass is 9.94. The number of hydrogen-bond acceptors (Lipinski definition) is 3. The quantitative estimate of drug-likeness (QED) is 0.721. The molecule has 0 amide bonds. The molecule has 2 N–H and O–H groups in total. The van der Waals surface area contributed by atoms with Crippen molar-refractivity contribution in [2.75, 3.05) is 40.3 Å². The SMILES string of the molecule is CC(C)CN(CCN(C)C)CCC1(N)CCCC1. The van der Waals surface area contributed by atoms with Gasteiger partial charge in [0.25, 0.3) is 0 Å². The summed E-state index contributed by atoms with van der Waals surface area (Å²) in [4.78, 5) is 4.86. The number of hydrogen-bond donors (Lipinski definition) is 1.